The Morgan fingerprint density at radius 3 is 2.03 bits per heavy atom. The van der Waals surface area contributed by atoms with Crippen LogP contribution < -0.4 is 10.1 Å². The van der Waals surface area contributed by atoms with Crippen LogP contribution in [0.5, 0.6) is 5.75 Å². The predicted octanol–water partition coefficient (Wildman–Crippen LogP) is 5.12. The van der Waals surface area contributed by atoms with E-state index in [1.807, 2.05) is 60.7 Å². The molecule has 0 fully saturated rings. The maximum atomic E-state index is 12.7. The molecular weight excluding hydrogens is 505 g/mol. The Kier molecular flexibility index (Phi) is 10.6. The molecule has 3 rings (SSSR count). The van der Waals surface area contributed by atoms with Gasteiger partial charge in [0.1, 0.15) is 25.0 Å². The normalized spacial score (nSPS) is 11.3. The zero-order chi connectivity index (χ0) is 25.8. The van der Waals surface area contributed by atoms with Gasteiger partial charge in [-0.2, -0.15) is 0 Å². The Labute approximate surface area is 219 Å². The molecule has 0 heterocycles. The van der Waals surface area contributed by atoms with Crippen molar-refractivity contribution in [3.63, 3.8) is 0 Å². The standard InChI is InChI=1S/C27H25Cl2NO6/c28-21-11-13-24(22(29)15-21)34-18-25(31)30-23(27(33)36-17-20-9-5-2-6-10-20)12-14-26(32)35-16-19-7-3-1-4-8-19/h1-11,13,15,23H,12,14,16-18H2,(H,30,31)/t23-/m1/s1. The van der Waals surface area contributed by atoms with Gasteiger partial charge in [0.05, 0.1) is 5.02 Å². The third-order valence-electron chi connectivity index (χ3n) is 4.98. The van der Waals surface area contributed by atoms with E-state index in [1.54, 1.807) is 6.07 Å². The molecule has 1 N–H and O–H groups in total. The highest BCUT2D eigenvalue weighted by Crippen LogP contribution is 2.27. The summed E-state index contributed by atoms with van der Waals surface area (Å²) in [6, 6.07) is 21.9. The lowest BCUT2D eigenvalue weighted by Gasteiger charge is -2.18. The van der Waals surface area contributed by atoms with E-state index in [4.69, 9.17) is 37.4 Å². The maximum absolute atomic E-state index is 12.7. The number of esters is 2. The quantitative estimate of drug-likeness (QED) is 0.327. The van der Waals surface area contributed by atoms with Crippen molar-refractivity contribution in [2.75, 3.05) is 6.61 Å². The van der Waals surface area contributed by atoms with Crippen molar-refractivity contribution >= 4 is 41.0 Å². The van der Waals surface area contributed by atoms with Crippen molar-refractivity contribution in [2.45, 2.75) is 32.1 Å². The smallest absolute Gasteiger partial charge is 0.328 e. The average Bonchev–Trinajstić information content (AvgIpc) is 2.89. The molecule has 188 valence electrons. The first kappa shape index (κ1) is 27.0. The number of halogens is 2. The minimum Gasteiger partial charge on any atom is -0.482 e. The SMILES string of the molecule is O=C(COc1ccc(Cl)cc1Cl)N[C@H](CCC(=O)OCc1ccccc1)C(=O)OCc1ccccc1. The molecule has 0 aliphatic rings. The molecule has 3 aromatic carbocycles. The third-order valence-corrected chi connectivity index (χ3v) is 5.51. The van der Waals surface area contributed by atoms with Gasteiger partial charge in [-0.15, -0.1) is 0 Å². The van der Waals surface area contributed by atoms with Gasteiger partial charge in [-0.25, -0.2) is 4.79 Å². The summed E-state index contributed by atoms with van der Waals surface area (Å²) in [5, 5.41) is 3.24. The number of hydrogen-bond acceptors (Lipinski definition) is 6. The van der Waals surface area contributed by atoms with Crippen molar-refractivity contribution in [2.24, 2.45) is 0 Å². The highest BCUT2D eigenvalue weighted by molar-refractivity contribution is 6.35. The topological polar surface area (TPSA) is 90.9 Å². The summed E-state index contributed by atoms with van der Waals surface area (Å²) in [6.07, 6.45) is -0.100. The van der Waals surface area contributed by atoms with Crippen LogP contribution in [0.1, 0.15) is 24.0 Å². The molecule has 9 heteroatoms. The molecular formula is C27H25Cl2NO6. The van der Waals surface area contributed by atoms with E-state index in [0.29, 0.717) is 5.02 Å². The summed E-state index contributed by atoms with van der Waals surface area (Å²) in [7, 11) is 0. The van der Waals surface area contributed by atoms with E-state index in [-0.39, 0.29) is 36.8 Å². The van der Waals surface area contributed by atoms with Gasteiger partial charge in [-0.1, -0.05) is 83.9 Å². The van der Waals surface area contributed by atoms with Crippen LogP contribution in [0.4, 0.5) is 0 Å². The molecule has 0 aliphatic heterocycles. The lowest BCUT2D eigenvalue weighted by Crippen LogP contribution is -2.44. The van der Waals surface area contributed by atoms with E-state index in [0.717, 1.165) is 11.1 Å². The van der Waals surface area contributed by atoms with Crippen LogP contribution in [-0.4, -0.2) is 30.5 Å². The maximum Gasteiger partial charge on any atom is 0.328 e. The number of amides is 1. The largest absolute Gasteiger partial charge is 0.482 e. The summed E-state index contributed by atoms with van der Waals surface area (Å²) >= 11 is 11.9. The molecule has 1 atom stereocenters. The first-order chi connectivity index (χ1) is 17.4. The lowest BCUT2D eigenvalue weighted by molar-refractivity contribution is -0.150. The molecule has 1 amide bonds. The molecule has 0 saturated carbocycles. The van der Waals surface area contributed by atoms with Crippen molar-refractivity contribution in [3.8, 4) is 5.75 Å². The zero-order valence-electron chi connectivity index (χ0n) is 19.3. The number of ether oxygens (including phenoxy) is 3. The van der Waals surface area contributed by atoms with E-state index >= 15 is 0 Å². The average molecular weight is 530 g/mol. The van der Waals surface area contributed by atoms with Crippen molar-refractivity contribution in [1.82, 2.24) is 5.32 Å². The molecule has 0 spiro atoms. The first-order valence-electron chi connectivity index (χ1n) is 11.2. The second kappa shape index (κ2) is 14.1. The number of rotatable bonds is 12. The molecule has 0 bridgehead atoms. The Morgan fingerprint density at radius 1 is 0.806 bits per heavy atom. The van der Waals surface area contributed by atoms with Gasteiger partial charge in [-0.05, 0) is 35.7 Å². The van der Waals surface area contributed by atoms with Crippen LogP contribution in [0.2, 0.25) is 10.0 Å². The van der Waals surface area contributed by atoms with Crippen LogP contribution in [0.15, 0.2) is 78.9 Å². The van der Waals surface area contributed by atoms with Gasteiger partial charge in [0.15, 0.2) is 6.61 Å². The highest BCUT2D eigenvalue weighted by atomic mass is 35.5. The Hall–Kier alpha value is -3.55. The second-order valence-corrected chi connectivity index (χ2v) is 8.61. The molecule has 0 aliphatic carbocycles. The summed E-state index contributed by atoms with van der Waals surface area (Å²) in [6.45, 7) is -0.255. The summed E-state index contributed by atoms with van der Waals surface area (Å²) in [5.41, 5.74) is 1.63. The summed E-state index contributed by atoms with van der Waals surface area (Å²) in [4.78, 5) is 37.5. The number of hydrogen-bond donors (Lipinski definition) is 1. The predicted molar refractivity (Wildman–Crippen MR) is 136 cm³/mol. The Bertz CT molecular complexity index is 1160. The number of carbonyl (C=O) groups excluding carboxylic acids is 3. The van der Waals surface area contributed by atoms with Gasteiger partial charge in [0.2, 0.25) is 0 Å². The van der Waals surface area contributed by atoms with Crippen LogP contribution in [-0.2, 0) is 37.1 Å². The molecule has 0 unspecified atom stereocenters. The van der Waals surface area contributed by atoms with E-state index in [9.17, 15) is 14.4 Å². The third kappa shape index (κ3) is 9.24. The molecule has 36 heavy (non-hydrogen) atoms. The number of carbonyl (C=O) groups is 3. The van der Waals surface area contributed by atoms with Crippen LogP contribution >= 0.6 is 23.2 Å². The fourth-order valence-corrected chi connectivity index (χ4v) is 3.59. The van der Waals surface area contributed by atoms with Gasteiger partial charge in [0, 0.05) is 11.4 Å². The van der Waals surface area contributed by atoms with E-state index < -0.39 is 30.5 Å². The van der Waals surface area contributed by atoms with Crippen molar-refractivity contribution in [1.29, 1.82) is 0 Å². The van der Waals surface area contributed by atoms with Gasteiger partial charge in [0.25, 0.3) is 5.91 Å². The molecule has 3 aromatic rings. The molecule has 0 saturated heterocycles. The summed E-state index contributed by atoms with van der Waals surface area (Å²) < 4.78 is 16.1. The minimum absolute atomic E-state index is 0.00527. The van der Waals surface area contributed by atoms with Crippen molar-refractivity contribution < 1.29 is 28.6 Å². The highest BCUT2D eigenvalue weighted by Gasteiger charge is 2.24. The van der Waals surface area contributed by atoms with E-state index in [2.05, 4.69) is 5.32 Å². The van der Waals surface area contributed by atoms with E-state index in [1.165, 1.54) is 12.1 Å². The molecule has 0 aromatic heterocycles. The zero-order valence-corrected chi connectivity index (χ0v) is 20.8. The molecule has 7 nitrogen and oxygen atoms in total. The number of nitrogens with one attached hydrogen (secondary N) is 1. The summed E-state index contributed by atoms with van der Waals surface area (Å²) in [5.74, 6) is -1.49. The Morgan fingerprint density at radius 2 is 1.42 bits per heavy atom. The fraction of sp³-hybridized carbons (Fsp3) is 0.222. The Balaban J connectivity index is 1.55. The van der Waals surface area contributed by atoms with Crippen LogP contribution in [0.25, 0.3) is 0 Å². The van der Waals surface area contributed by atoms with Crippen LogP contribution in [0.3, 0.4) is 0 Å². The minimum atomic E-state index is -1.07. The van der Waals surface area contributed by atoms with Gasteiger partial charge in [-0.3, -0.25) is 9.59 Å². The second-order valence-electron chi connectivity index (χ2n) is 7.76. The van der Waals surface area contributed by atoms with Crippen molar-refractivity contribution in [3.05, 3.63) is 100 Å². The van der Waals surface area contributed by atoms with Crippen LogP contribution in [0, 0.1) is 0 Å². The van der Waals surface area contributed by atoms with Gasteiger partial charge >= 0.3 is 11.9 Å². The first-order valence-corrected chi connectivity index (χ1v) is 11.9. The van der Waals surface area contributed by atoms with Gasteiger partial charge < -0.3 is 19.5 Å². The lowest BCUT2D eigenvalue weighted by atomic mass is 10.1. The monoisotopic (exact) mass is 529 g/mol. The fourth-order valence-electron chi connectivity index (χ4n) is 3.12. The molecule has 0 radical (unpaired) electrons. The number of benzene rings is 3.